The molecule has 0 unspecified atom stereocenters. The number of thiazole rings is 1. The topological polar surface area (TPSA) is 51.4 Å². The minimum absolute atomic E-state index is 0.680. The number of nitrogens with one attached hydrogen (secondary N) is 1. The molecule has 6 heteroatoms. The van der Waals surface area contributed by atoms with Gasteiger partial charge in [0.1, 0.15) is 5.75 Å². The first-order chi connectivity index (χ1) is 16.2. The van der Waals surface area contributed by atoms with Crippen molar-refractivity contribution in [2.45, 2.75) is 26.8 Å². The Kier molecular flexibility index (Phi) is 6.09. The number of hydrogen-bond acceptors (Lipinski definition) is 5. The van der Waals surface area contributed by atoms with Crippen LogP contribution in [-0.2, 0) is 6.54 Å². The van der Waals surface area contributed by atoms with Gasteiger partial charge in [-0.2, -0.15) is 5.10 Å². The second-order valence-corrected chi connectivity index (χ2v) is 9.15. The molecule has 0 amide bonds. The van der Waals surface area contributed by atoms with Gasteiger partial charge in [0.15, 0.2) is 0 Å². The first kappa shape index (κ1) is 21.2. The van der Waals surface area contributed by atoms with Gasteiger partial charge in [-0.05, 0) is 55.7 Å². The normalized spacial score (nSPS) is 11.6. The van der Waals surface area contributed by atoms with Crippen molar-refractivity contribution in [3.05, 3.63) is 89.6 Å². The van der Waals surface area contributed by atoms with Crippen molar-refractivity contribution in [3.63, 3.8) is 0 Å². The number of ether oxygens (including phenoxy) is 1. The molecule has 0 aliphatic heterocycles. The van der Waals surface area contributed by atoms with E-state index in [1.54, 1.807) is 11.3 Å². The van der Waals surface area contributed by atoms with E-state index in [1.807, 2.05) is 24.4 Å². The maximum absolute atomic E-state index is 6.04. The summed E-state index contributed by atoms with van der Waals surface area (Å²) in [7, 11) is 0. The summed E-state index contributed by atoms with van der Waals surface area (Å²) in [5.74, 6) is 0.973. The zero-order chi connectivity index (χ0) is 22.6. The predicted molar refractivity (Wildman–Crippen MR) is 139 cm³/mol. The fourth-order valence-corrected chi connectivity index (χ4v) is 4.74. The van der Waals surface area contributed by atoms with Gasteiger partial charge >= 0.3 is 0 Å². The van der Waals surface area contributed by atoms with Crippen LogP contribution in [0.2, 0.25) is 0 Å². The molecule has 0 saturated heterocycles. The van der Waals surface area contributed by atoms with Crippen LogP contribution in [0, 0.1) is 13.8 Å². The summed E-state index contributed by atoms with van der Waals surface area (Å²) in [6.45, 7) is 5.74. The van der Waals surface area contributed by atoms with Crippen LogP contribution in [0.4, 0.5) is 5.13 Å². The van der Waals surface area contributed by atoms with E-state index in [1.165, 1.54) is 22.0 Å². The van der Waals surface area contributed by atoms with Gasteiger partial charge in [0.2, 0.25) is 5.13 Å². The number of hydrazone groups is 1. The van der Waals surface area contributed by atoms with E-state index in [2.05, 4.69) is 88.7 Å². The van der Waals surface area contributed by atoms with Crippen LogP contribution in [0.5, 0.6) is 5.75 Å². The molecule has 0 atom stereocenters. The Morgan fingerprint density at radius 2 is 1.91 bits per heavy atom. The second kappa shape index (κ2) is 9.46. The Morgan fingerprint density at radius 3 is 2.82 bits per heavy atom. The molecule has 33 heavy (non-hydrogen) atoms. The number of nitrogens with zero attached hydrogens (tertiary/aromatic N) is 3. The standard InChI is InChI=1S/C27H26N4OS/c1-19-12-13-20(2)25(16-19)32-15-7-14-31-18-21(22-8-3-5-10-24(22)31)17-28-30-27-29-23-9-4-6-11-26(23)33-27/h3-6,8-13,16-18H,7,14-15H2,1-2H3,(H,29,30). The number of aromatic nitrogens is 2. The zero-order valence-electron chi connectivity index (χ0n) is 18.8. The SMILES string of the molecule is Cc1ccc(C)c(OCCCn2cc(C=NNc3nc4ccccc4s3)c3ccccc32)c1. The average Bonchev–Trinajstić information content (AvgIpc) is 3.40. The van der Waals surface area contributed by atoms with Gasteiger partial charge in [0.05, 0.1) is 23.0 Å². The summed E-state index contributed by atoms with van der Waals surface area (Å²) in [4.78, 5) is 4.57. The fraction of sp³-hybridized carbons (Fsp3) is 0.185. The maximum Gasteiger partial charge on any atom is 0.204 e. The summed E-state index contributed by atoms with van der Waals surface area (Å²) in [5, 5.41) is 6.43. The Labute approximate surface area is 197 Å². The van der Waals surface area contributed by atoms with E-state index in [4.69, 9.17) is 4.74 Å². The minimum Gasteiger partial charge on any atom is -0.493 e. The minimum atomic E-state index is 0.680. The van der Waals surface area contributed by atoms with Gasteiger partial charge < -0.3 is 9.30 Å². The first-order valence-corrected chi connectivity index (χ1v) is 11.9. The van der Waals surface area contributed by atoms with Gasteiger partial charge in [-0.15, -0.1) is 0 Å². The fourth-order valence-electron chi connectivity index (χ4n) is 3.92. The number of rotatable bonds is 8. The van der Waals surface area contributed by atoms with Gasteiger partial charge in [0.25, 0.3) is 0 Å². The van der Waals surface area contributed by atoms with E-state index in [9.17, 15) is 0 Å². The Hall–Kier alpha value is -3.64. The molecule has 0 bridgehead atoms. The molecule has 0 fully saturated rings. The lowest BCUT2D eigenvalue weighted by Crippen LogP contribution is -2.04. The van der Waals surface area contributed by atoms with E-state index >= 15 is 0 Å². The highest BCUT2D eigenvalue weighted by Crippen LogP contribution is 2.26. The summed E-state index contributed by atoms with van der Waals surface area (Å²) in [6.07, 6.45) is 4.95. The summed E-state index contributed by atoms with van der Waals surface area (Å²) < 4.78 is 9.47. The highest BCUT2D eigenvalue weighted by atomic mass is 32.1. The molecular formula is C27H26N4OS. The molecule has 0 aliphatic carbocycles. The average molecular weight is 455 g/mol. The van der Waals surface area contributed by atoms with E-state index in [0.717, 1.165) is 39.6 Å². The highest BCUT2D eigenvalue weighted by molar-refractivity contribution is 7.22. The third-order valence-electron chi connectivity index (χ3n) is 5.62. The Bertz CT molecular complexity index is 1400. The third kappa shape index (κ3) is 4.76. The van der Waals surface area contributed by atoms with Crippen molar-refractivity contribution in [3.8, 4) is 5.75 Å². The van der Waals surface area contributed by atoms with Crippen molar-refractivity contribution in [2.24, 2.45) is 5.10 Å². The lowest BCUT2D eigenvalue weighted by molar-refractivity contribution is 0.300. The molecular weight excluding hydrogens is 428 g/mol. The van der Waals surface area contributed by atoms with Crippen LogP contribution in [-0.4, -0.2) is 22.4 Å². The first-order valence-electron chi connectivity index (χ1n) is 11.1. The molecule has 166 valence electrons. The Balaban J connectivity index is 1.26. The summed E-state index contributed by atoms with van der Waals surface area (Å²) in [6, 6.07) is 22.9. The smallest absolute Gasteiger partial charge is 0.204 e. The van der Waals surface area contributed by atoms with Crippen molar-refractivity contribution in [1.29, 1.82) is 0 Å². The number of anilines is 1. The predicted octanol–water partition coefficient (Wildman–Crippen LogP) is 6.78. The Morgan fingerprint density at radius 1 is 1.06 bits per heavy atom. The van der Waals surface area contributed by atoms with E-state index in [-0.39, 0.29) is 0 Å². The zero-order valence-corrected chi connectivity index (χ0v) is 19.6. The molecule has 5 aromatic rings. The molecule has 1 N–H and O–H groups in total. The lowest BCUT2D eigenvalue weighted by atomic mass is 10.1. The van der Waals surface area contributed by atoms with Gasteiger partial charge in [0, 0.05) is 29.2 Å². The number of para-hydroxylation sites is 2. The molecule has 0 aliphatic rings. The molecule has 2 aromatic heterocycles. The number of benzene rings is 3. The maximum atomic E-state index is 6.04. The van der Waals surface area contributed by atoms with Crippen molar-refractivity contribution in [1.82, 2.24) is 9.55 Å². The molecule has 5 rings (SSSR count). The number of fused-ring (bicyclic) bond motifs is 2. The van der Waals surface area contributed by atoms with Crippen LogP contribution in [0.15, 0.2) is 78.0 Å². The number of aryl methyl sites for hydroxylation is 3. The molecule has 0 saturated carbocycles. The lowest BCUT2D eigenvalue weighted by Gasteiger charge is -2.10. The van der Waals surface area contributed by atoms with Crippen LogP contribution < -0.4 is 10.2 Å². The molecule has 2 heterocycles. The molecule has 3 aromatic carbocycles. The van der Waals surface area contributed by atoms with Gasteiger partial charge in [-0.3, -0.25) is 5.43 Å². The molecule has 0 radical (unpaired) electrons. The van der Waals surface area contributed by atoms with Crippen LogP contribution in [0.25, 0.3) is 21.1 Å². The third-order valence-corrected chi connectivity index (χ3v) is 6.56. The van der Waals surface area contributed by atoms with Crippen LogP contribution >= 0.6 is 11.3 Å². The van der Waals surface area contributed by atoms with Crippen LogP contribution in [0.3, 0.4) is 0 Å². The van der Waals surface area contributed by atoms with Crippen LogP contribution in [0.1, 0.15) is 23.1 Å². The summed E-state index contributed by atoms with van der Waals surface area (Å²) in [5.41, 5.74) is 8.74. The molecule has 0 spiro atoms. The van der Waals surface area contributed by atoms with E-state index < -0.39 is 0 Å². The van der Waals surface area contributed by atoms with Gasteiger partial charge in [-0.1, -0.05) is 53.8 Å². The quantitative estimate of drug-likeness (QED) is 0.160. The second-order valence-electron chi connectivity index (χ2n) is 8.12. The van der Waals surface area contributed by atoms with Crippen molar-refractivity contribution >= 4 is 43.8 Å². The van der Waals surface area contributed by atoms with Crippen molar-refractivity contribution < 1.29 is 4.74 Å². The monoisotopic (exact) mass is 454 g/mol. The molecule has 5 nitrogen and oxygen atoms in total. The van der Waals surface area contributed by atoms with E-state index in [0.29, 0.717) is 6.61 Å². The van der Waals surface area contributed by atoms with Crippen molar-refractivity contribution in [2.75, 3.05) is 12.0 Å². The number of hydrogen-bond donors (Lipinski definition) is 1. The summed E-state index contributed by atoms with van der Waals surface area (Å²) >= 11 is 1.60. The van der Waals surface area contributed by atoms with Gasteiger partial charge in [-0.25, -0.2) is 4.98 Å². The highest BCUT2D eigenvalue weighted by Gasteiger charge is 2.07. The largest absolute Gasteiger partial charge is 0.493 e.